The molecular formula is C11H11ClN2S. The summed E-state index contributed by atoms with van der Waals surface area (Å²) in [6.45, 7) is 2.10. The van der Waals surface area contributed by atoms with Crippen LogP contribution < -0.4 is 0 Å². The molecule has 0 unspecified atom stereocenters. The number of halogens is 1. The van der Waals surface area contributed by atoms with Gasteiger partial charge in [0.15, 0.2) is 0 Å². The highest BCUT2D eigenvalue weighted by molar-refractivity contribution is 7.05. The van der Waals surface area contributed by atoms with Gasteiger partial charge in [-0.1, -0.05) is 29.8 Å². The average molecular weight is 239 g/mol. The second kappa shape index (κ2) is 4.73. The van der Waals surface area contributed by atoms with Crippen LogP contribution in [0, 0.1) is 6.92 Å². The van der Waals surface area contributed by atoms with Gasteiger partial charge in [0, 0.05) is 6.42 Å². The molecule has 0 N–H and O–H groups in total. The quantitative estimate of drug-likeness (QED) is 0.820. The van der Waals surface area contributed by atoms with E-state index in [1.165, 1.54) is 22.7 Å². The Balaban J connectivity index is 1.99. The summed E-state index contributed by atoms with van der Waals surface area (Å²) >= 11 is 7.04. The highest BCUT2D eigenvalue weighted by Crippen LogP contribution is 2.13. The Hall–Kier alpha value is -0.930. The van der Waals surface area contributed by atoms with Crippen molar-refractivity contribution in [2.24, 2.45) is 0 Å². The molecule has 78 valence electrons. The number of hydrogen-bond donors (Lipinski definition) is 0. The van der Waals surface area contributed by atoms with E-state index in [9.17, 15) is 0 Å². The maximum atomic E-state index is 5.66. The Morgan fingerprint density at radius 1 is 1.33 bits per heavy atom. The van der Waals surface area contributed by atoms with Crippen LogP contribution in [0.15, 0.2) is 24.3 Å². The zero-order valence-electron chi connectivity index (χ0n) is 8.40. The van der Waals surface area contributed by atoms with Crippen LogP contribution in [0.1, 0.15) is 16.1 Å². The van der Waals surface area contributed by atoms with E-state index in [0.29, 0.717) is 5.28 Å². The summed E-state index contributed by atoms with van der Waals surface area (Å²) in [5.41, 5.74) is 2.63. The summed E-state index contributed by atoms with van der Waals surface area (Å²) in [7, 11) is 0. The van der Waals surface area contributed by atoms with Gasteiger partial charge in [0.1, 0.15) is 5.01 Å². The van der Waals surface area contributed by atoms with Gasteiger partial charge in [-0.15, -0.1) is 0 Å². The summed E-state index contributed by atoms with van der Waals surface area (Å²) in [6, 6.07) is 8.52. The second-order valence-corrected chi connectivity index (χ2v) is 4.62. The Kier molecular flexibility index (Phi) is 3.34. The Labute approximate surface area is 98.1 Å². The first-order valence-electron chi connectivity index (χ1n) is 4.77. The first kappa shape index (κ1) is 10.6. The standard InChI is InChI=1S/C11H11ClN2S/c1-8-3-2-4-9(7-8)5-6-10-13-11(12)14-15-10/h2-4,7H,5-6H2,1H3. The molecule has 2 aromatic rings. The lowest BCUT2D eigenvalue weighted by Gasteiger charge is -1.99. The van der Waals surface area contributed by atoms with Gasteiger partial charge in [-0.2, -0.15) is 4.37 Å². The van der Waals surface area contributed by atoms with Crippen LogP contribution in [0.25, 0.3) is 0 Å². The molecule has 0 aliphatic heterocycles. The molecular weight excluding hydrogens is 228 g/mol. The molecule has 0 aliphatic carbocycles. The summed E-state index contributed by atoms with van der Waals surface area (Å²) in [5.74, 6) is 0. The number of benzene rings is 1. The molecule has 0 spiro atoms. The lowest BCUT2D eigenvalue weighted by molar-refractivity contribution is 0.941. The SMILES string of the molecule is Cc1cccc(CCc2nc(Cl)ns2)c1. The van der Waals surface area contributed by atoms with Crippen LogP contribution in [0.3, 0.4) is 0 Å². The van der Waals surface area contributed by atoms with Gasteiger partial charge in [-0.25, -0.2) is 4.98 Å². The van der Waals surface area contributed by atoms with E-state index in [4.69, 9.17) is 11.6 Å². The molecule has 0 saturated heterocycles. The van der Waals surface area contributed by atoms with Crippen LogP contribution in [0.2, 0.25) is 5.28 Å². The van der Waals surface area contributed by atoms with Gasteiger partial charge in [0.05, 0.1) is 0 Å². The molecule has 15 heavy (non-hydrogen) atoms. The van der Waals surface area contributed by atoms with Crippen molar-refractivity contribution in [1.82, 2.24) is 9.36 Å². The molecule has 1 heterocycles. The molecule has 0 aliphatic rings. The Bertz CT molecular complexity index is 453. The fraction of sp³-hybridized carbons (Fsp3) is 0.273. The van der Waals surface area contributed by atoms with Crippen molar-refractivity contribution in [2.75, 3.05) is 0 Å². The van der Waals surface area contributed by atoms with Gasteiger partial charge in [0.2, 0.25) is 5.28 Å². The lowest BCUT2D eigenvalue weighted by Crippen LogP contribution is -1.90. The Morgan fingerprint density at radius 3 is 2.87 bits per heavy atom. The number of rotatable bonds is 3. The van der Waals surface area contributed by atoms with Crippen LogP contribution >= 0.6 is 23.1 Å². The van der Waals surface area contributed by atoms with Crippen LogP contribution in [0.5, 0.6) is 0 Å². The van der Waals surface area contributed by atoms with Crippen LogP contribution in [-0.2, 0) is 12.8 Å². The zero-order chi connectivity index (χ0) is 10.7. The van der Waals surface area contributed by atoms with E-state index in [1.807, 2.05) is 0 Å². The third-order valence-corrected chi connectivity index (χ3v) is 3.19. The summed E-state index contributed by atoms with van der Waals surface area (Å²) in [5, 5.41) is 1.36. The van der Waals surface area contributed by atoms with Crippen molar-refractivity contribution in [3.05, 3.63) is 45.7 Å². The highest BCUT2D eigenvalue weighted by atomic mass is 35.5. The third-order valence-electron chi connectivity index (χ3n) is 2.15. The minimum atomic E-state index is 0.360. The highest BCUT2D eigenvalue weighted by Gasteiger charge is 2.02. The summed E-state index contributed by atoms with van der Waals surface area (Å²) in [6.07, 6.45) is 1.90. The van der Waals surface area contributed by atoms with Crippen molar-refractivity contribution >= 4 is 23.1 Å². The van der Waals surface area contributed by atoms with Crippen LogP contribution in [0.4, 0.5) is 0 Å². The molecule has 1 aromatic heterocycles. The molecule has 0 bridgehead atoms. The molecule has 2 rings (SSSR count). The van der Waals surface area contributed by atoms with Gasteiger partial charge in [-0.3, -0.25) is 0 Å². The minimum Gasteiger partial charge on any atom is -0.210 e. The van der Waals surface area contributed by atoms with Crippen molar-refractivity contribution in [3.63, 3.8) is 0 Å². The third kappa shape index (κ3) is 3.01. The Morgan fingerprint density at radius 2 is 2.20 bits per heavy atom. The molecule has 0 radical (unpaired) electrons. The molecule has 4 heteroatoms. The monoisotopic (exact) mass is 238 g/mol. The first-order chi connectivity index (χ1) is 7.24. The normalized spacial score (nSPS) is 10.5. The molecule has 0 amide bonds. The maximum absolute atomic E-state index is 5.66. The predicted octanol–water partition coefficient (Wildman–Crippen LogP) is 3.29. The van der Waals surface area contributed by atoms with Crippen molar-refractivity contribution < 1.29 is 0 Å². The summed E-state index contributed by atoms with van der Waals surface area (Å²) < 4.78 is 3.94. The second-order valence-electron chi connectivity index (χ2n) is 3.45. The molecule has 1 aromatic carbocycles. The zero-order valence-corrected chi connectivity index (χ0v) is 9.98. The number of hydrogen-bond acceptors (Lipinski definition) is 3. The van der Waals surface area contributed by atoms with Crippen molar-refractivity contribution in [2.45, 2.75) is 19.8 Å². The molecule has 0 fully saturated rings. The van der Waals surface area contributed by atoms with E-state index in [1.54, 1.807) is 0 Å². The van der Waals surface area contributed by atoms with E-state index in [2.05, 4.69) is 40.5 Å². The van der Waals surface area contributed by atoms with E-state index >= 15 is 0 Å². The number of aryl methyl sites for hydroxylation is 3. The fourth-order valence-corrected chi connectivity index (χ4v) is 2.25. The molecule has 2 nitrogen and oxygen atoms in total. The van der Waals surface area contributed by atoms with E-state index < -0.39 is 0 Å². The molecule has 0 atom stereocenters. The topological polar surface area (TPSA) is 25.8 Å². The predicted molar refractivity (Wildman–Crippen MR) is 63.5 cm³/mol. The molecule has 0 saturated carbocycles. The smallest absolute Gasteiger partial charge is 0.210 e. The number of nitrogens with zero attached hydrogens (tertiary/aromatic N) is 2. The van der Waals surface area contributed by atoms with Gasteiger partial charge in [0.25, 0.3) is 0 Å². The van der Waals surface area contributed by atoms with Crippen molar-refractivity contribution in [1.29, 1.82) is 0 Å². The van der Waals surface area contributed by atoms with E-state index in [0.717, 1.165) is 17.8 Å². The van der Waals surface area contributed by atoms with Gasteiger partial charge >= 0.3 is 0 Å². The number of aromatic nitrogens is 2. The van der Waals surface area contributed by atoms with Gasteiger partial charge in [-0.05, 0) is 42.0 Å². The average Bonchev–Trinajstić information content (AvgIpc) is 2.62. The maximum Gasteiger partial charge on any atom is 0.234 e. The van der Waals surface area contributed by atoms with Crippen LogP contribution in [-0.4, -0.2) is 9.36 Å². The van der Waals surface area contributed by atoms with Gasteiger partial charge < -0.3 is 0 Å². The first-order valence-corrected chi connectivity index (χ1v) is 5.93. The minimum absolute atomic E-state index is 0.360. The largest absolute Gasteiger partial charge is 0.234 e. The van der Waals surface area contributed by atoms with E-state index in [-0.39, 0.29) is 0 Å². The van der Waals surface area contributed by atoms with Crippen molar-refractivity contribution in [3.8, 4) is 0 Å². The summed E-state index contributed by atoms with van der Waals surface area (Å²) in [4.78, 5) is 4.12. The lowest BCUT2D eigenvalue weighted by atomic mass is 10.1. The fourth-order valence-electron chi connectivity index (χ4n) is 1.45.